The summed E-state index contributed by atoms with van der Waals surface area (Å²) in [6.07, 6.45) is 3.51. The first kappa shape index (κ1) is 12.6. The number of thiazole rings is 1. The highest BCUT2D eigenvalue weighted by atomic mass is 32.1. The zero-order chi connectivity index (χ0) is 13.9. The van der Waals surface area contributed by atoms with E-state index in [0.29, 0.717) is 5.13 Å². The van der Waals surface area contributed by atoms with E-state index in [1.54, 1.807) is 13.3 Å². The first-order valence-electron chi connectivity index (χ1n) is 6.07. The van der Waals surface area contributed by atoms with Gasteiger partial charge in [0.1, 0.15) is 5.75 Å². The van der Waals surface area contributed by atoms with Crippen LogP contribution in [-0.2, 0) is 0 Å². The molecule has 100 valence electrons. The van der Waals surface area contributed by atoms with Crippen LogP contribution < -0.4 is 10.5 Å². The summed E-state index contributed by atoms with van der Waals surface area (Å²) in [4.78, 5) is 8.44. The van der Waals surface area contributed by atoms with Crippen molar-refractivity contribution in [3.8, 4) is 28.1 Å². The number of hydrogen-bond donors (Lipinski definition) is 1. The lowest BCUT2D eigenvalue weighted by Gasteiger charge is -2.05. The molecular weight excluding hydrogens is 270 g/mol. The Morgan fingerprint density at radius 1 is 1.05 bits per heavy atom. The van der Waals surface area contributed by atoms with Crippen LogP contribution >= 0.6 is 11.3 Å². The molecule has 0 unspecified atom stereocenters. The number of nitrogens with zero attached hydrogens (tertiary/aromatic N) is 2. The lowest BCUT2D eigenvalue weighted by Crippen LogP contribution is -1.86. The molecule has 0 amide bonds. The topological polar surface area (TPSA) is 61.0 Å². The van der Waals surface area contributed by atoms with Gasteiger partial charge in [0.05, 0.1) is 19.0 Å². The molecule has 0 radical (unpaired) electrons. The van der Waals surface area contributed by atoms with E-state index in [0.717, 1.165) is 28.1 Å². The Labute approximate surface area is 120 Å². The van der Waals surface area contributed by atoms with Crippen LogP contribution in [0.5, 0.6) is 5.75 Å². The molecule has 0 aliphatic heterocycles. The smallest absolute Gasteiger partial charge is 0.180 e. The summed E-state index contributed by atoms with van der Waals surface area (Å²) in [5.74, 6) is 0.749. The Morgan fingerprint density at radius 2 is 1.80 bits per heavy atom. The Morgan fingerprint density at radius 3 is 2.45 bits per heavy atom. The summed E-state index contributed by atoms with van der Waals surface area (Å²) >= 11 is 1.44. The SMILES string of the molecule is COc1cncc(-c2ccc(-c3csc(N)n3)cc2)c1. The van der Waals surface area contributed by atoms with Gasteiger partial charge >= 0.3 is 0 Å². The van der Waals surface area contributed by atoms with E-state index < -0.39 is 0 Å². The number of aromatic nitrogens is 2. The fourth-order valence-electron chi connectivity index (χ4n) is 1.94. The predicted molar refractivity (Wildman–Crippen MR) is 81.7 cm³/mol. The van der Waals surface area contributed by atoms with Crippen molar-refractivity contribution < 1.29 is 4.74 Å². The molecule has 0 aliphatic rings. The summed E-state index contributed by atoms with van der Waals surface area (Å²) in [5.41, 5.74) is 9.72. The van der Waals surface area contributed by atoms with Gasteiger partial charge in [0, 0.05) is 22.7 Å². The molecule has 4 nitrogen and oxygen atoms in total. The molecule has 3 rings (SSSR count). The molecule has 0 atom stereocenters. The van der Waals surface area contributed by atoms with Crippen molar-refractivity contribution >= 4 is 16.5 Å². The van der Waals surface area contributed by atoms with E-state index >= 15 is 0 Å². The van der Waals surface area contributed by atoms with Crippen LogP contribution in [0.25, 0.3) is 22.4 Å². The van der Waals surface area contributed by atoms with Gasteiger partial charge in [-0.1, -0.05) is 24.3 Å². The van der Waals surface area contributed by atoms with Crippen LogP contribution in [0.2, 0.25) is 0 Å². The van der Waals surface area contributed by atoms with Gasteiger partial charge in [-0.3, -0.25) is 4.98 Å². The van der Waals surface area contributed by atoms with Gasteiger partial charge in [0.15, 0.2) is 5.13 Å². The molecule has 0 spiro atoms. The van der Waals surface area contributed by atoms with Gasteiger partial charge in [-0.25, -0.2) is 4.98 Å². The minimum Gasteiger partial charge on any atom is -0.495 e. The van der Waals surface area contributed by atoms with Gasteiger partial charge < -0.3 is 10.5 Å². The van der Waals surface area contributed by atoms with Gasteiger partial charge in [0.25, 0.3) is 0 Å². The maximum atomic E-state index is 5.65. The van der Waals surface area contributed by atoms with E-state index in [9.17, 15) is 0 Å². The molecule has 0 aliphatic carbocycles. The third kappa shape index (κ3) is 2.48. The molecule has 2 aromatic heterocycles. The lowest BCUT2D eigenvalue weighted by atomic mass is 10.0. The van der Waals surface area contributed by atoms with Gasteiger partial charge in [-0.05, 0) is 11.6 Å². The van der Waals surface area contributed by atoms with Gasteiger partial charge in [0.2, 0.25) is 0 Å². The quantitative estimate of drug-likeness (QED) is 0.799. The number of benzene rings is 1. The number of methoxy groups -OCH3 is 1. The molecular formula is C15H13N3OS. The third-order valence-electron chi connectivity index (χ3n) is 2.98. The molecule has 2 N–H and O–H groups in total. The van der Waals surface area contributed by atoms with Crippen molar-refractivity contribution in [3.05, 3.63) is 48.1 Å². The molecule has 0 saturated heterocycles. The predicted octanol–water partition coefficient (Wildman–Crippen LogP) is 3.46. The van der Waals surface area contributed by atoms with E-state index in [4.69, 9.17) is 10.5 Å². The summed E-state index contributed by atoms with van der Waals surface area (Å²) in [6.45, 7) is 0. The molecule has 20 heavy (non-hydrogen) atoms. The number of pyridine rings is 1. The number of nitrogen functional groups attached to an aromatic ring is 1. The van der Waals surface area contributed by atoms with E-state index in [1.807, 2.05) is 41.9 Å². The average molecular weight is 283 g/mol. The van der Waals surface area contributed by atoms with Crippen LogP contribution in [0.15, 0.2) is 48.1 Å². The molecule has 3 aromatic rings. The van der Waals surface area contributed by atoms with Gasteiger partial charge in [-0.2, -0.15) is 0 Å². The van der Waals surface area contributed by atoms with Crippen LogP contribution in [0.4, 0.5) is 5.13 Å². The van der Waals surface area contributed by atoms with Crippen molar-refractivity contribution in [1.82, 2.24) is 9.97 Å². The normalized spacial score (nSPS) is 10.4. The fourth-order valence-corrected chi connectivity index (χ4v) is 2.51. The average Bonchev–Trinajstić information content (AvgIpc) is 2.94. The van der Waals surface area contributed by atoms with E-state index in [-0.39, 0.29) is 0 Å². The van der Waals surface area contributed by atoms with Crippen LogP contribution in [0.3, 0.4) is 0 Å². The Bertz CT molecular complexity index is 722. The zero-order valence-electron chi connectivity index (χ0n) is 10.9. The molecule has 1 aromatic carbocycles. The van der Waals surface area contributed by atoms with E-state index in [1.165, 1.54) is 11.3 Å². The Hall–Kier alpha value is -2.40. The monoisotopic (exact) mass is 283 g/mol. The van der Waals surface area contributed by atoms with E-state index in [2.05, 4.69) is 9.97 Å². The second-order valence-electron chi connectivity index (χ2n) is 4.26. The second kappa shape index (κ2) is 5.30. The lowest BCUT2D eigenvalue weighted by molar-refractivity contribution is 0.413. The number of ether oxygens (including phenoxy) is 1. The molecule has 0 saturated carbocycles. The highest BCUT2D eigenvalue weighted by molar-refractivity contribution is 7.13. The fraction of sp³-hybridized carbons (Fsp3) is 0.0667. The summed E-state index contributed by atoms with van der Waals surface area (Å²) < 4.78 is 5.19. The third-order valence-corrected chi connectivity index (χ3v) is 3.66. The van der Waals surface area contributed by atoms with Crippen LogP contribution in [-0.4, -0.2) is 17.1 Å². The first-order valence-corrected chi connectivity index (χ1v) is 6.95. The van der Waals surface area contributed by atoms with Crippen LogP contribution in [0, 0.1) is 0 Å². The highest BCUT2D eigenvalue weighted by Gasteiger charge is 2.04. The number of anilines is 1. The summed E-state index contributed by atoms with van der Waals surface area (Å²) in [7, 11) is 1.64. The van der Waals surface area contributed by atoms with Gasteiger partial charge in [-0.15, -0.1) is 11.3 Å². The van der Waals surface area contributed by atoms with Crippen molar-refractivity contribution in [2.75, 3.05) is 12.8 Å². The maximum absolute atomic E-state index is 5.65. The molecule has 0 fully saturated rings. The minimum atomic E-state index is 0.584. The first-order chi connectivity index (χ1) is 9.76. The summed E-state index contributed by atoms with van der Waals surface area (Å²) in [6, 6.07) is 10.1. The molecule has 5 heteroatoms. The zero-order valence-corrected chi connectivity index (χ0v) is 11.7. The molecule has 0 bridgehead atoms. The Balaban J connectivity index is 1.92. The number of rotatable bonds is 3. The minimum absolute atomic E-state index is 0.584. The number of nitrogens with two attached hydrogens (primary N) is 1. The largest absolute Gasteiger partial charge is 0.495 e. The van der Waals surface area contributed by atoms with Crippen molar-refractivity contribution in [1.29, 1.82) is 0 Å². The molecule has 2 heterocycles. The summed E-state index contributed by atoms with van der Waals surface area (Å²) in [5, 5.41) is 2.54. The standard InChI is InChI=1S/C15H13N3OS/c1-19-13-6-12(7-17-8-13)10-2-4-11(5-3-10)14-9-20-15(16)18-14/h2-9H,1H3,(H2,16,18). The second-order valence-corrected chi connectivity index (χ2v) is 5.15. The van der Waals surface area contributed by atoms with Crippen LogP contribution in [0.1, 0.15) is 0 Å². The van der Waals surface area contributed by atoms with Crippen molar-refractivity contribution in [2.45, 2.75) is 0 Å². The highest BCUT2D eigenvalue weighted by Crippen LogP contribution is 2.27. The number of hydrogen-bond acceptors (Lipinski definition) is 5. The van der Waals surface area contributed by atoms with Crippen molar-refractivity contribution in [3.63, 3.8) is 0 Å². The van der Waals surface area contributed by atoms with Crippen molar-refractivity contribution in [2.24, 2.45) is 0 Å². The maximum Gasteiger partial charge on any atom is 0.180 e. The Kier molecular flexibility index (Phi) is 3.35.